The number of aromatic nitrogens is 2. The molecule has 12 rings (SSSR count). The highest BCUT2D eigenvalue weighted by atomic mass is 16.5. The van der Waals surface area contributed by atoms with Crippen LogP contribution >= 0.6 is 0 Å². The molecule has 1 aliphatic heterocycles. The number of hydrogen-bond acceptors (Lipinski definition) is 5. The quantitative estimate of drug-likeness (QED) is 0.160. The number of para-hydroxylation sites is 5. The van der Waals surface area contributed by atoms with E-state index in [4.69, 9.17) is 26.5 Å². The largest absolute Gasteiger partial charge is 0.456 e. The molecule has 0 saturated heterocycles. The summed E-state index contributed by atoms with van der Waals surface area (Å²) in [6, 6.07) is 40.8. The van der Waals surface area contributed by atoms with Crippen LogP contribution in [-0.4, -0.2) is 16.2 Å². The average molecular weight is 838 g/mol. The molecule has 0 spiro atoms. The smallest absolute Gasteiger partial charge is 0.141 e. The zero-order valence-corrected chi connectivity index (χ0v) is 35.2. The SMILES string of the molecule is [2H]c1cc(-c2cccc(-c3c([2H])c([2H])c([2H])c([2H])c3[2H])c2N2CN(c3cc(Oc4ccc5c6ccccc6n(-c6cc(C(C)(C)C)ccn6)c5c4)c4c(c3)oc3ccccc34)c3ccccc32)c([2H])c([2H])c1[2H]. The molecular weight excluding hydrogens is 785 g/mol. The van der Waals surface area contributed by atoms with Crippen LogP contribution in [0.15, 0.2) is 205 Å². The van der Waals surface area contributed by atoms with E-state index >= 15 is 0 Å². The van der Waals surface area contributed by atoms with E-state index < -0.39 is 36.3 Å². The summed E-state index contributed by atoms with van der Waals surface area (Å²) < 4.78 is 94.6. The van der Waals surface area contributed by atoms with Gasteiger partial charge in [-0.25, -0.2) is 4.98 Å². The van der Waals surface area contributed by atoms with Gasteiger partial charge in [0.15, 0.2) is 0 Å². The number of pyridine rings is 1. The Morgan fingerprint density at radius 3 is 2.12 bits per heavy atom. The van der Waals surface area contributed by atoms with E-state index in [1.807, 2.05) is 96.0 Å². The van der Waals surface area contributed by atoms with E-state index in [1.54, 1.807) is 18.2 Å². The van der Waals surface area contributed by atoms with Gasteiger partial charge in [0.2, 0.25) is 0 Å². The topological polar surface area (TPSA) is 46.7 Å². The Hall–Kier alpha value is -8.09. The average Bonchev–Trinajstić information content (AvgIpc) is 4.08. The molecule has 6 nitrogen and oxygen atoms in total. The summed E-state index contributed by atoms with van der Waals surface area (Å²) in [5.41, 5.74) is 7.55. The van der Waals surface area contributed by atoms with Crippen molar-refractivity contribution >= 4 is 66.5 Å². The molecule has 8 aromatic carbocycles. The highest BCUT2D eigenvalue weighted by molar-refractivity contribution is 6.11. The van der Waals surface area contributed by atoms with E-state index in [0.29, 0.717) is 45.3 Å². The van der Waals surface area contributed by atoms with Crippen molar-refractivity contribution in [1.29, 1.82) is 0 Å². The van der Waals surface area contributed by atoms with Crippen molar-refractivity contribution in [3.63, 3.8) is 0 Å². The Kier molecular flexibility index (Phi) is 6.76. The molecule has 64 heavy (non-hydrogen) atoms. The van der Waals surface area contributed by atoms with Crippen LogP contribution < -0.4 is 14.5 Å². The van der Waals surface area contributed by atoms with Gasteiger partial charge in [0.1, 0.15) is 35.2 Å². The summed E-state index contributed by atoms with van der Waals surface area (Å²) >= 11 is 0. The highest BCUT2D eigenvalue weighted by Gasteiger charge is 2.32. The zero-order chi connectivity index (χ0) is 50.8. The molecule has 0 radical (unpaired) electrons. The van der Waals surface area contributed by atoms with Gasteiger partial charge in [-0.2, -0.15) is 0 Å². The van der Waals surface area contributed by atoms with E-state index in [2.05, 4.69) is 60.6 Å². The first-order valence-corrected chi connectivity index (χ1v) is 21.1. The Morgan fingerprint density at radius 2 is 1.30 bits per heavy atom. The Morgan fingerprint density at radius 1 is 0.594 bits per heavy atom. The molecule has 11 aromatic rings. The number of hydrogen-bond donors (Lipinski definition) is 0. The lowest BCUT2D eigenvalue weighted by atomic mass is 9.88. The summed E-state index contributed by atoms with van der Waals surface area (Å²) in [6.07, 6.45) is 1.86. The van der Waals surface area contributed by atoms with Crippen LogP contribution in [0, 0.1) is 0 Å². The third-order valence-corrected chi connectivity index (χ3v) is 12.1. The van der Waals surface area contributed by atoms with Gasteiger partial charge in [0.05, 0.1) is 51.5 Å². The lowest BCUT2D eigenvalue weighted by Crippen LogP contribution is -2.25. The third kappa shape index (κ3) is 6.21. The normalized spacial score (nSPS) is 14.8. The monoisotopic (exact) mass is 837 g/mol. The molecule has 4 heterocycles. The van der Waals surface area contributed by atoms with Gasteiger partial charge in [-0.05, 0) is 70.6 Å². The molecule has 0 atom stereocenters. The highest BCUT2D eigenvalue weighted by Crippen LogP contribution is 2.52. The number of furan rings is 1. The summed E-state index contributed by atoms with van der Waals surface area (Å²) in [6.45, 7) is 6.68. The molecule has 0 aliphatic carbocycles. The van der Waals surface area contributed by atoms with Crippen molar-refractivity contribution in [1.82, 2.24) is 9.55 Å². The van der Waals surface area contributed by atoms with Crippen LogP contribution in [0.1, 0.15) is 38.7 Å². The molecule has 0 N–H and O–H groups in total. The summed E-state index contributed by atoms with van der Waals surface area (Å²) in [5.74, 6) is 1.91. The molecule has 0 amide bonds. The second-order valence-corrected chi connectivity index (χ2v) is 17.0. The van der Waals surface area contributed by atoms with Crippen molar-refractivity contribution in [3.05, 3.63) is 206 Å². The van der Waals surface area contributed by atoms with Gasteiger partial charge in [-0.1, -0.05) is 148 Å². The maximum absolute atomic E-state index is 9.12. The molecule has 0 unspecified atom stereocenters. The molecule has 0 fully saturated rings. The minimum atomic E-state index is -0.532. The fraction of sp³-hybridized carbons (Fsp3) is 0.0862. The van der Waals surface area contributed by atoms with Gasteiger partial charge in [0.25, 0.3) is 0 Å². The maximum atomic E-state index is 9.12. The van der Waals surface area contributed by atoms with Crippen LogP contribution in [-0.2, 0) is 5.41 Å². The van der Waals surface area contributed by atoms with Crippen LogP contribution in [0.4, 0.5) is 22.7 Å². The summed E-state index contributed by atoms with van der Waals surface area (Å²) in [4.78, 5) is 8.92. The predicted octanol–water partition coefficient (Wildman–Crippen LogP) is 15.7. The molecular formula is C58H44N4O2. The lowest BCUT2D eigenvalue weighted by molar-refractivity contribution is 0.489. The zero-order valence-electron chi connectivity index (χ0n) is 44.2. The van der Waals surface area contributed by atoms with Gasteiger partial charge < -0.3 is 19.0 Å². The lowest BCUT2D eigenvalue weighted by Gasteiger charge is -2.27. The first-order chi connectivity index (χ1) is 35.1. The predicted molar refractivity (Wildman–Crippen MR) is 264 cm³/mol. The second kappa shape index (κ2) is 14.8. The van der Waals surface area contributed by atoms with Gasteiger partial charge in [0, 0.05) is 51.7 Å². The van der Waals surface area contributed by atoms with Gasteiger partial charge in [-0.15, -0.1) is 0 Å². The number of nitrogens with zero attached hydrogens (tertiary/aromatic N) is 4. The number of rotatable bonds is 7. The first kappa shape index (κ1) is 29.3. The van der Waals surface area contributed by atoms with Crippen molar-refractivity contribution in [2.45, 2.75) is 26.2 Å². The molecule has 0 saturated carbocycles. The van der Waals surface area contributed by atoms with Crippen molar-refractivity contribution in [3.8, 4) is 39.6 Å². The number of anilines is 4. The van der Waals surface area contributed by atoms with Crippen molar-refractivity contribution < 1.29 is 21.5 Å². The number of benzene rings is 8. The summed E-state index contributed by atoms with van der Waals surface area (Å²) in [7, 11) is 0. The van der Waals surface area contributed by atoms with Crippen molar-refractivity contribution in [2.24, 2.45) is 0 Å². The first-order valence-electron chi connectivity index (χ1n) is 25.6. The third-order valence-electron chi connectivity index (χ3n) is 12.1. The Labute approximate surface area is 384 Å². The van der Waals surface area contributed by atoms with Gasteiger partial charge in [-0.3, -0.25) is 4.57 Å². The summed E-state index contributed by atoms with van der Waals surface area (Å²) in [5, 5.41) is 3.77. The standard InChI is InChI=1S/C58H44N4O2/c1-58(2,3)40-31-32-59-55(33-40)62-48-25-12-10-21-45(48)46-30-29-42(36-51(46)62)63-53-34-41(35-54-56(53)47-22-11-15-28-52(47)64-54)60-37-61(50-27-14-13-26-49(50)60)57-43(38-17-6-4-7-18-38)23-16-24-44(57)39-19-8-5-9-20-39/h4-36H,37H2,1-3H3/i4D,5D,6D,7D,8D,9D,17D,18D,19D. The van der Waals surface area contributed by atoms with Crippen molar-refractivity contribution in [2.75, 3.05) is 16.5 Å². The second-order valence-electron chi connectivity index (χ2n) is 17.0. The number of ether oxygens (including phenoxy) is 1. The molecule has 308 valence electrons. The minimum Gasteiger partial charge on any atom is -0.456 e. The molecule has 3 aromatic heterocycles. The number of fused-ring (bicyclic) bond motifs is 7. The maximum Gasteiger partial charge on any atom is 0.141 e. The van der Waals surface area contributed by atoms with E-state index in [0.717, 1.165) is 49.6 Å². The molecule has 0 bridgehead atoms. The van der Waals surface area contributed by atoms with Gasteiger partial charge >= 0.3 is 0 Å². The van der Waals surface area contributed by atoms with Crippen LogP contribution in [0.3, 0.4) is 0 Å². The van der Waals surface area contributed by atoms with E-state index in [-0.39, 0.29) is 46.9 Å². The van der Waals surface area contributed by atoms with E-state index in [9.17, 15) is 0 Å². The Balaban J connectivity index is 1.05. The van der Waals surface area contributed by atoms with Crippen LogP contribution in [0.2, 0.25) is 0 Å². The minimum absolute atomic E-state index is 0.0484. The molecule has 6 heteroatoms. The Bertz CT molecular complexity index is 4100. The van der Waals surface area contributed by atoms with Crippen LogP contribution in [0.5, 0.6) is 11.5 Å². The fourth-order valence-corrected chi connectivity index (χ4v) is 9.12. The fourth-order valence-electron chi connectivity index (χ4n) is 9.12. The molecule has 1 aliphatic rings. The van der Waals surface area contributed by atoms with Crippen LogP contribution in [0.25, 0.3) is 71.8 Å². The van der Waals surface area contributed by atoms with E-state index in [1.165, 1.54) is 6.07 Å².